The van der Waals surface area contributed by atoms with Crippen molar-refractivity contribution < 1.29 is 19.4 Å². The molecule has 3 rings (SSSR count). The lowest BCUT2D eigenvalue weighted by Gasteiger charge is -2.20. The normalized spacial score (nSPS) is 30.4. The molecule has 1 fully saturated rings. The third kappa shape index (κ3) is 2.76. The summed E-state index contributed by atoms with van der Waals surface area (Å²) in [5.41, 5.74) is 1.16. The number of aromatic nitrogens is 2. The fourth-order valence-corrected chi connectivity index (χ4v) is 2.80. The first-order valence-electron chi connectivity index (χ1n) is 6.57. The van der Waals surface area contributed by atoms with E-state index in [2.05, 4.69) is 15.0 Å². The second-order valence-electron chi connectivity index (χ2n) is 5.03. The lowest BCUT2D eigenvalue weighted by atomic mass is 9.96. The van der Waals surface area contributed by atoms with E-state index in [0.717, 1.165) is 0 Å². The first-order valence-corrected chi connectivity index (χ1v) is 6.95. The van der Waals surface area contributed by atoms with Crippen molar-refractivity contribution in [1.29, 1.82) is 0 Å². The second-order valence-corrected chi connectivity index (χ2v) is 5.39. The number of nitrogens with zero attached hydrogens (tertiary/aromatic N) is 3. The Morgan fingerprint density at radius 1 is 1.57 bits per heavy atom. The van der Waals surface area contributed by atoms with Crippen molar-refractivity contribution in [2.45, 2.75) is 37.6 Å². The van der Waals surface area contributed by atoms with E-state index in [1.807, 2.05) is 0 Å². The maximum absolute atomic E-state index is 10.8. The Kier molecular flexibility index (Phi) is 3.88. The van der Waals surface area contributed by atoms with Crippen molar-refractivity contribution in [3.05, 3.63) is 17.2 Å². The van der Waals surface area contributed by atoms with Crippen LogP contribution in [0.5, 0.6) is 0 Å². The zero-order chi connectivity index (χ0) is 15.0. The molecular weight excluding hydrogens is 298 g/mol. The Hall–Kier alpha value is -1.57. The van der Waals surface area contributed by atoms with E-state index in [4.69, 9.17) is 21.1 Å². The molecular formula is C13H14ClN3O4. The number of esters is 1. The van der Waals surface area contributed by atoms with Crippen LogP contribution in [-0.2, 0) is 14.3 Å². The molecule has 3 heterocycles. The molecule has 21 heavy (non-hydrogen) atoms. The monoisotopic (exact) mass is 311 g/mol. The maximum Gasteiger partial charge on any atom is 0.302 e. The number of rotatable bonds is 3. The maximum atomic E-state index is 10.8. The van der Waals surface area contributed by atoms with Gasteiger partial charge in [0.05, 0.1) is 29.9 Å². The fraction of sp³-hybridized carbons (Fsp3) is 0.538. The quantitative estimate of drug-likeness (QED) is 0.661. The van der Waals surface area contributed by atoms with Gasteiger partial charge in [0.25, 0.3) is 0 Å². The number of fused-ring (bicyclic) bond motifs is 1. The van der Waals surface area contributed by atoms with Crippen LogP contribution in [0.25, 0.3) is 0 Å². The summed E-state index contributed by atoms with van der Waals surface area (Å²) < 4.78 is 10.7. The van der Waals surface area contributed by atoms with Crippen LogP contribution in [-0.4, -0.2) is 52.2 Å². The lowest BCUT2D eigenvalue weighted by molar-refractivity contribution is -0.145. The average molecular weight is 312 g/mol. The highest BCUT2D eigenvalue weighted by molar-refractivity contribution is 6.32. The summed E-state index contributed by atoms with van der Waals surface area (Å²) in [6.45, 7) is 1.46. The van der Waals surface area contributed by atoms with Gasteiger partial charge in [0.1, 0.15) is 18.6 Å². The fourth-order valence-electron chi connectivity index (χ4n) is 2.61. The van der Waals surface area contributed by atoms with Crippen LogP contribution in [0, 0.1) is 0 Å². The zero-order valence-electron chi connectivity index (χ0n) is 11.3. The molecule has 0 bridgehead atoms. The molecule has 2 aliphatic heterocycles. The van der Waals surface area contributed by atoms with Crippen LogP contribution in [0.15, 0.2) is 11.3 Å². The minimum Gasteiger partial charge on any atom is -0.463 e. The summed E-state index contributed by atoms with van der Waals surface area (Å²) in [5.74, 6) is -0.651. The van der Waals surface area contributed by atoms with Crippen molar-refractivity contribution in [1.82, 2.24) is 9.97 Å². The number of aliphatic imine (C=N–C) groups is 1. The lowest BCUT2D eigenvalue weighted by Crippen LogP contribution is -2.29. The number of hydrogen-bond acceptors (Lipinski definition) is 7. The van der Waals surface area contributed by atoms with E-state index in [1.165, 1.54) is 13.3 Å². The molecule has 1 aromatic heterocycles. The highest BCUT2D eigenvalue weighted by Crippen LogP contribution is 2.40. The smallest absolute Gasteiger partial charge is 0.302 e. The van der Waals surface area contributed by atoms with E-state index in [9.17, 15) is 9.90 Å². The Balaban J connectivity index is 1.73. The summed E-state index contributed by atoms with van der Waals surface area (Å²) in [4.78, 5) is 23.1. The predicted octanol–water partition coefficient (Wildman–Crippen LogP) is 1.01. The van der Waals surface area contributed by atoms with Gasteiger partial charge in [-0.15, -0.1) is 0 Å². The van der Waals surface area contributed by atoms with Crippen LogP contribution in [0.4, 0.5) is 5.69 Å². The first-order chi connectivity index (χ1) is 10.1. The number of aliphatic hydroxyl groups is 1. The van der Waals surface area contributed by atoms with E-state index in [1.54, 1.807) is 6.21 Å². The third-order valence-electron chi connectivity index (χ3n) is 3.55. The van der Waals surface area contributed by atoms with Gasteiger partial charge in [-0.1, -0.05) is 11.6 Å². The Labute approximate surface area is 126 Å². The molecule has 0 aromatic carbocycles. The highest BCUT2D eigenvalue weighted by Gasteiger charge is 2.42. The Morgan fingerprint density at radius 2 is 2.38 bits per heavy atom. The predicted molar refractivity (Wildman–Crippen MR) is 73.9 cm³/mol. The van der Waals surface area contributed by atoms with Gasteiger partial charge in [-0.25, -0.2) is 9.97 Å². The number of halogens is 1. The second kappa shape index (κ2) is 5.67. The zero-order valence-corrected chi connectivity index (χ0v) is 12.0. The standard InChI is InChI=1S/C13H14ClN3O4/c1-6(18)20-4-7-2-9(19)12(21-7)8-3-15-11-10(8)16-5-17-13(11)14/h3,5,7-9,12,19H,2,4H2,1H3/t7-,8?,9+,12-/m0/s1. The van der Waals surface area contributed by atoms with Gasteiger partial charge in [0.2, 0.25) is 0 Å². The molecule has 0 saturated carbocycles. The SMILES string of the molecule is CC(=O)OC[C@@H]1C[C@@H](O)[C@H](C2C=Nc3c(Cl)ncnc32)O1. The van der Waals surface area contributed by atoms with Gasteiger partial charge in [0, 0.05) is 19.6 Å². The van der Waals surface area contributed by atoms with E-state index in [0.29, 0.717) is 17.8 Å². The molecule has 4 atom stereocenters. The van der Waals surface area contributed by atoms with Gasteiger partial charge in [0.15, 0.2) is 5.15 Å². The van der Waals surface area contributed by atoms with Crippen molar-refractivity contribution in [3.8, 4) is 0 Å². The van der Waals surface area contributed by atoms with Crippen LogP contribution in [0.1, 0.15) is 25.0 Å². The molecule has 1 saturated heterocycles. The average Bonchev–Trinajstić information content (AvgIpc) is 3.01. The molecule has 0 amide bonds. The van der Waals surface area contributed by atoms with Gasteiger partial charge in [-0.3, -0.25) is 9.79 Å². The summed E-state index contributed by atoms with van der Waals surface area (Å²) in [6, 6.07) is 0. The molecule has 7 nitrogen and oxygen atoms in total. The number of aliphatic hydroxyl groups excluding tert-OH is 1. The van der Waals surface area contributed by atoms with Crippen LogP contribution in [0.3, 0.4) is 0 Å². The molecule has 2 aliphatic rings. The van der Waals surface area contributed by atoms with Crippen LogP contribution < -0.4 is 0 Å². The van der Waals surface area contributed by atoms with Crippen molar-refractivity contribution in [2.75, 3.05) is 6.61 Å². The summed E-state index contributed by atoms with van der Waals surface area (Å²) in [6.07, 6.45) is 1.93. The number of carbonyl (C=O) groups excluding carboxylic acids is 1. The van der Waals surface area contributed by atoms with E-state index in [-0.39, 0.29) is 29.8 Å². The van der Waals surface area contributed by atoms with Crippen molar-refractivity contribution in [3.63, 3.8) is 0 Å². The molecule has 0 aliphatic carbocycles. The molecule has 1 unspecified atom stereocenters. The number of hydrogen-bond donors (Lipinski definition) is 1. The Morgan fingerprint density at radius 3 is 3.14 bits per heavy atom. The van der Waals surface area contributed by atoms with E-state index < -0.39 is 12.2 Å². The number of ether oxygens (including phenoxy) is 2. The van der Waals surface area contributed by atoms with Crippen molar-refractivity contribution in [2.24, 2.45) is 4.99 Å². The molecule has 8 heteroatoms. The number of carbonyl (C=O) groups is 1. The van der Waals surface area contributed by atoms with Gasteiger partial charge >= 0.3 is 5.97 Å². The minimum atomic E-state index is -0.679. The first kappa shape index (κ1) is 14.4. The van der Waals surface area contributed by atoms with Gasteiger partial charge in [-0.05, 0) is 0 Å². The minimum absolute atomic E-state index is 0.129. The van der Waals surface area contributed by atoms with Gasteiger partial charge < -0.3 is 14.6 Å². The largest absolute Gasteiger partial charge is 0.463 e. The topological polar surface area (TPSA) is 93.9 Å². The molecule has 0 spiro atoms. The molecule has 1 N–H and O–H groups in total. The van der Waals surface area contributed by atoms with Crippen LogP contribution in [0.2, 0.25) is 5.15 Å². The molecule has 112 valence electrons. The Bertz CT molecular complexity index is 595. The van der Waals surface area contributed by atoms with Gasteiger partial charge in [-0.2, -0.15) is 0 Å². The summed E-state index contributed by atoms with van der Waals surface area (Å²) in [7, 11) is 0. The highest BCUT2D eigenvalue weighted by atomic mass is 35.5. The molecule has 1 aromatic rings. The third-order valence-corrected chi connectivity index (χ3v) is 3.82. The van der Waals surface area contributed by atoms with E-state index >= 15 is 0 Å². The van der Waals surface area contributed by atoms with Crippen LogP contribution >= 0.6 is 11.6 Å². The summed E-state index contributed by atoms with van der Waals surface area (Å²) in [5, 5.41) is 10.5. The summed E-state index contributed by atoms with van der Waals surface area (Å²) >= 11 is 5.97. The van der Waals surface area contributed by atoms with Crippen molar-refractivity contribution >= 4 is 29.5 Å². The molecule has 0 radical (unpaired) electrons.